The van der Waals surface area contributed by atoms with E-state index < -0.39 is 12.6 Å². The van der Waals surface area contributed by atoms with Crippen molar-refractivity contribution in [3.05, 3.63) is 0 Å². The smallest absolute Gasteiger partial charge is 0.831 e. The third kappa shape index (κ3) is 31.5. The van der Waals surface area contributed by atoms with Crippen molar-refractivity contribution < 1.29 is 19.7 Å². The summed E-state index contributed by atoms with van der Waals surface area (Å²) in [6.45, 7) is 8.38. The fourth-order valence-electron chi connectivity index (χ4n) is 0.787. The Hall–Kier alpha value is 0.762. The molecule has 102 valence electrons. The van der Waals surface area contributed by atoms with Gasteiger partial charge in [0, 0.05) is 13.2 Å². The number of ether oxygens (including phenoxy) is 2. The second-order valence-electron chi connectivity index (χ2n) is 3.58. The molecule has 17 heavy (non-hydrogen) atoms. The minimum Gasteiger partial charge on any atom is -0.831 e. The van der Waals surface area contributed by atoms with E-state index in [2.05, 4.69) is 13.8 Å². The Morgan fingerprint density at radius 2 is 1.12 bits per heavy atom. The summed E-state index contributed by atoms with van der Waals surface area (Å²) < 4.78 is 9.45. The zero-order valence-electron chi connectivity index (χ0n) is 11.5. The SMILES string of the molecule is CCCCOC(C)[O-].CCCCOC(C)[O-].[Pb+2]. The second-order valence-corrected chi connectivity index (χ2v) is 3.58. The molecule has 0 aliphatic heterocycles. The molecule has 0 bridgehead atoms. The maximum Gasteiger partial charge on any atom is 2.00 e. The standard InChI is InChI=1S/2C6H13O2.Pb/c2*1-3-4-5-8-6(2)7;/h2*6H,3-5H2,1-2H3;/q2*-1;+2. The van der Waals surface area contributed by atoms with Crippen LogP contribution in [0.3, 0.4) is 0 Å². The number of rotatable bonds is 8. The first-order valence-electron chi connectivity index (χ1n) is 6.09. The van der Waals surface area contributed by atoms with Crippen LogP contribution in [0.5, 0.6) is 0 Å². The van der Waals surface area contributed by atoms with E-state index in [9.17, 15) is 10.2 Å². The van der Waals surface area contributed by atoms with Crippen LogP contribution in [0.2, 0.25) is 0 Å². The van der Waals surface area contributed by atoms with Crippen LogP contribution in [0, 0.1) is 0 Å². The van der Waals surface area contributed by atoms with Crippen molar-refractivity contribution in [3.8, 4) is 0 Å². The van der Waals surface area contributed by atoms with E-state index in [0.29, 0.717) is 13.2 Å². The minimum absolute atomic E-state index is 0. The average Bonchev–Trinajstić information content (AvgIpc) is 2.18. The normalized spacial score (nSPS) is 13.1. The molecule has 0 aromatic carbocycles. The van der Waals surface area contributed by atoms with Crippen LogP contribution in [-0.2, 0) is 9.47 Å². The minimum atomic E-state index is -0.846. The molecule has 0 heterocycles. The Morgan fingerprint density at radius 3 is 1.29 bits per heavy atom. The van der Waals surface area contributed by atoms with E-state index in [1.54, 1.807) is 0 Å². The van der Waals surface area contributed by atoms with Crippen LogP contribution in [0.1, 0.15) is 53.4 Å². The van der Waals surface area contributed by atoms with Gasteiger partial charge in [-0.25, -0.2) is 0 Å². The topological polar surface area (TPSA) is 64.6 Å². The first-order chi connectivity index (χ1) is 7.54. The van der Waals surface area contributed by atoms with Gasteiger partial charge in [0.05, 0.1) is 0 Å². The Bertz CT molecular complexity index is 107. The van der Waals surface area contributed by atoms with Gasteiger partial charge in [-0.05, 0) is 25.4 Å². The van der Waals surface area contributed by atoms with Crippen molar-refractivity contribution in [1.29, 1.82) is 0 Å². The first-order valence-corrected chi connectivity index (χ1v) is 6.09. The molecule has 0 saturated carbocycles. The van der Waals surface area contributed by atoms with E-state index in [1.165, 1.54) is 13.8 Å². The number of unbranched alkanes of at least 4 members (excludes halogenated alkanes) is 2. The molecule has 0 saturated heterocycles. The number of hydrogen-bond acceptors (Lipinski definition) is 4. The van der Waals surface area contributed by atoms with Crippen LogP contribution in [0.4, 0.5) is 0 Å². The van der Waals surface area contributed by atoms with Crippen molar-refractivity contribution in [2.45, 2.75) is 66.0 Å². The molecule has 0 aromatic heterocycles. The Kier molecular flexibility index (Phi) is 25.7. The number of hydrogen-bond donors (Lipinski definition) is 0. The van der Waals surface area contributed by atoms with Gasteiger partial charge in [-0.2, -0.15) is 0 Å². The van der Waals surface area contributed by atoms with Crippen LogP contribution in [-0.4, -0.2) is 53.1 Å². The Balaban J connectivity index is -0.000000218. The van der Waals surface area contributed by atoms with Crippen molar-refractivity contribution in [2.75, 3.05) is 13.2 Å². The monoisotopic (exact) mass is 442 g/mol. The predicted molar refractivity (Wildman–Crippen MR) is 66.4 cm³/mol. The zero-order chi connectivity index (χ0) is 12.8. The van der Waals surface area contributed by atoms with Gasteiger partial charge in [-0.15, -0.1) is 0 Å². The van der Waals surface area contributed by atoms with Gasteiger partial charge >= 0.3 is 27.3 Å². The third-order valence-electron chi connectivity index (χ3n) is 1.70. The zero-order valence-corrected chi connectivity index (χ0v) is 15.4. The summed E-state index contributed by atoms with van der Waals surface area (Å²) >= 11 is 0. The summed E-state index contributed by atoms with van der Waals surface area (Å²) in [5, 5.41) is 20.4. The summed E-state index contributed by atoms with van der Waals surface area (Å²) in [5.41, 5.74) is 0. The molecule has 4 nitrogen and oxygen atoms in total. The molecule has 0 aromatic rings. The van der Waals surface area contributed by atoms with E-state index in [4.69, 9.17) is 9.47 Å². The van der Waals surface area contributed by atoms with Crippen LogP contribution < -0.4 is 10.2 Å². The van der Waals surface area contributed by atoms with Crippen molar-refractivity contribution in [3.63, 3.8) is 0 Å². The molecular formula is C12H26O4Pb. The van der Waals surface area contributed by atoms with Gasteiger partial charge < -0.3 is 19.7 Å². The van der Waals surface area contributed by atoms with Crippen LogP contribution in [0.15, 0.2) is 0 Å². The Morgan fingerprint density at radius 1 is 0.824 bits per heavy atom. The van der Waals surface area contributed by atoms with Gasteiger partial charge in [0.1, 0.15) is 0 Å². The van der Waals surface area contributed by atoms with Crippen LogP contribution in [0.25, 0.3) is 0 Å². The van der Waals surface area contributed by atoms with E-state index in [1.807, 2.05) is 0 Å². The summed E-state index contributed by atoms with van der Waals surface area (Å²) in [5.74, 6) is 0. The molecule has 0 N–H and O–H groups in total. The predicted octanol–water partition coefficient (Wildman–Crippen LogP) is 0.638. The van der Waals surface area contributed by atoms with E-state index >= 15 is 0 Å². The van der Waals surface area contributed by atoms with Gasteiger partial charge in [-0.1, -0.05) is 40.5 Å². The summed E-state index contributed by atoms with van der Waals surface area (Å²) in [6.07, 6.45) is 2.47. The molecule has 2 unspecified atom stereocenters. The molecule has 0 amide bonds. The van der Waals surface area contributed by atoms with Gasteiger partial charge in [0.15, 0.2) is 0 Å². The van der Waals surface area contributed by atoms with Crippen LogP contribution >= 0.6 is 0 Å². The molecule has 0 rings (SSSR count). The molecule has 5 heteroatoms. The van der Waals surface area contributed by atoms with Gasteiger partial charge in [-0.3, -0.25) is 0 Å². The molecule has 0 spiro atoms. The van der Waals surface area contributed by atoms with E-state index in [0.717, 1.165) is 25.7 Å². The summed E-state index contributed by atoms with van der Waals surface area (Å²) in [6, 6.07) is 0. The third-order valence-corrected chi connectivity index (χ3v) is 1.70. The molecular weight excluding hydrogens is 415 g/mol. The quantitative estimate of drug-likeness (QED) is 0.315. The molecule has 0 aliphatic carbocycles. The fraction of sp³-hybridized carbons (Fsp3) is 1.00. The van der Waals surface area contributed by atoms with Gasteiger partial charge in [0.25, 0.3) is 0 Å². The van der Waals surface area contributed by atoms with E-state index in [-0.39, 0.29) is 27.3 Å². The van der Waals surface area contributed by atoms with Crippen molar-refractivity contribution in [2.24, 2.45) is 0 Å². The largest absolute Gasteiger partial charge is 2.00 e. The maximum absolute atomic E-state index is 10.2. The molecule has 0 fully saturated rings. The van der Waals surface area contributed by atoms with Gasteiger partial charge in [0.2, 0.25) is 0 Å². The van der Waals surface area contributed by atoms with Crippen molar-refractivity contribution >= 4 is 27.3 Å². The Labute approximate surface area is 126 Å². The maximum atomic E-state index is 10.2. The second kappa shape index (κ2) is 19.1. The molecule has 2 radical (unpaired) electrons. The molecule has 0 aliphatic rings. The van der Waals surface area contributed by atoms with Crippen molar-refractivity contribution in [1.82, 2.24) is 0 Å². The average molecular weight is 442 g/mol. The first kappa shape index (κ1) is 22.9. The summed E-state index contributed by atoms with van der Waals surface area (Å²) in [7, 11) is 0. The fourth-order valence-corrected chi connectivity index (χ4v) is 0.787. The molecule has 2 atom stereocenters. The summed E-state index contributed by atoms with van der Waals surface area (Å²) in [4.78, 5) is 0.